The van der Waals surface area contributed by atoms with E-state index in [1.807, 2.05) is 44.2 Å². The fraction of sp³-hybridized carbons (Fsp3) is 0.240. The zero-order valence-electron chi connectivity index (χ0n) is 18.7. The third-order valence-corrected chi connectivity index (χ3v) is 4.91. The van der Waals surface area contributed by atoms with E-state index in [4.69, 9.17) is 4.74 Å². The predicted molar refractivity (Wildman–Crippen MR) is 121 cm³/mol. The predicted octanol–water partition coefficient (Wildman–Crippen LogP) is 7.29. The zero-order chi connectivity index (χ0) is 25.8. The van der Waals surface area contributed by atoms with Gasteiger partial charge < -0.3 is 15.0 Å². The SMILES string of the molecule is CC(C)N(c1ccccc1)c1ccc(NC(=O)COc2cc(C(F)(F)F)cc(C(F)(F)F)c2)cc1. The van der Waals surface area contributed by atoms with Gasteiger partial charge in [0.15, 0.2) is 6.61 Å². The standard InChI is InChI=1S/C25H22F6N2O2/c1-16(2)33(20-6-4-3-5-7-20)21-10-8-19(9-11-21)32-23(34)15-35-22-13-17(24(26,27)28)12-18(14-22)25(29,30)31/h3-14,16H,15H2,1-2H3,(H,32,34). The van der Waals surface area contributed by atoms with E-state index in [0.29, 0.717) is 17.8 Å². The molecule has 0 saturated carbocycles. The molecule has 3 rings (SSSR count). The van der Waals surface area contributed by atoms with E-state index in [2.05, 4.69) is 10.2 Å². The Bertz CT molecular complexity index is 1110. The van der Waals surface area contributed by atoms with Crippen LogP contribution in [0, 0.1) is 0 Å². The number of hydrogen-bond donors (Lipinski definition) is 1. The fourth-order valence-electron chi connectivity index (χ4n) is 3.39. The minimum absolute atomic E-state index is 0.00955. The van der Waals surface area contributed by atoms with Crippen LogP contribution in [0.2, 0.25) is 0 Å². The first-order valence-corrected chi connectivity index (χ1v) is 10.5. The summed E-state index contributed by atoms with van der Waals surface area (Å²) in [6.07, 6.45) is -10.0. The maximum atomic E-state index is 13.0. The molecule has 186 valence electrons. The van der Waals surface area contributed by atoms with Crippen LogP contribution >= 0.6 is 0 Å². The Labute approximate surface area is 198 Å². The monoisotopic (exact) mass is 496 g/mol. The number of halogens is 6. The average molecular weight is 496 g/mol. The van der Waals surface area contributed by atoms with E-state index < -0.39 is 41.7 Å². The van der Waals surface area contributed by atoms with Gasteiger partial charge in [-0.3, -0.25) is 4.79 Å². The molecule has 1 N–H and O–H groups in total. The van der Waals surface area contributed by atoms with E-state index in [1.165, 1.54) is 0 Å². The Morgan fingerprint density at radius 2 is 1.34 bits per heavy atom. The molecule has 3 aromatic rings. The molecule has 0 bridgehead atoms. The molecule has 0 aliphatic rings. The summed E-state index contributed by atoms with van der Waals surface area (Å²) in [4.78, 5) is 14.3. The first-order chi connectivity index (χ1) is 16.3. The Kier molecular flexibility index (Phi) is 7.62. The van der Waals surface area contributed by atoms with Crippen molar-refractivity contribution in [2.24, 2.45) is 0 Å². The van der Waals surface area contributed by atoms with Crippen molar-refractivity contribution in [3.05, 3.63) is 83.9 Å². The van der Waals surface area contributed by atoms with Crippen molar-refractivity contribution in [3.8, 4) is 5.75 Å². The number of hydrogen-bond acceptors (Lipinski definition) is 3. The number of rotatable bonds is 7. The van der Waals surface area contributed by atoms with Crippen LogP contribution in [-0.2, 0) is 17.1 Å². The largest absolute Gasteiger partial charge is 0.484 e. The summed E-state index contributed by atoms with van der Waals surface area (Å²) in [5.41, 5.74) is -0.812. The highest BCUT2D eigenvalue weighted by molar-refractivity contribution is 5.92. The number of carbonyl (C=O) groups is 1. The third-order valence-electron chi connectivity index (χ3n) is 4.91. The van der Waals surface area contributed by atoms with E-state index in [-0.39, 0.29) is 12.1 Å². The Balaban J connectivity index is 1.68. The molecule has 0 heterocycles. The maximum absolute atomic E-state index is 13.0. The summed E-state index contributed by atoms with van der Waals surface area (Å²) in [6, 6.07) is 17.5. The van der Waals surface area contributed by atoms with Crippen molar-refractivity contribution in [1.82, 2.24) is 0 Å². The summed E-state index contributed by atoms with van der Waals surface area (Å²) >= 11 is 0. The number of ether oxygens (including phenoxy) is 1. The molecule has 10 heteroatoms. The van der Waals surface area contributed by atoms with E-state index in [1.54, 1.807) is 24.3 Å². The van der Waals surface area contributed by atoms with Gasteiger partial charge in [0, 0.05) is 23.1 Å². The maximum Gasteiger partial charge on any atom is 0.416 e. The molecular weight excluding hydrogens is 474 g/mol. The van der Waals surface area contributed by atoms with Gasteiger partial charge in [0.1, 0.15) is 5.75 Å². The highest BCUT2D eigenvalue weighted by atomic mass is 19.4. The number of benzene rings is 3. The lowest BCUT2D eigenvalue weighted by Crippen LogP contribution is -2.25. The lowest BCUT2D eigenvalue weighted by atomic mass is 10.1. The number of para-hydroxylation sites is 1. The van der Waals surface area contributed by atoms with Crippen LogP contribution in [0.1, 0.15) is 25.0 Å². The van der Waals surface area contributed by atoms with Crippen molar-refractivity contribution in [3.63, 3.8) is 0 Å². The van der Waals surface area contributed by atoms with Gasteiger partial charge in [-0.25, -0.2) is 0 Å². The minimum atomic E-state index is -5.01. The van der Waals surface area contributed by atoms with Crippen molar-refractivity contribution in [2.45, 2.75) is 32.2 Å². The lowest BCUT2D eigenvalue weighted by Gasteiger charge is -2.29. The molecule has 3 aromatic carbocycles. The van der Waals surface area contributed by atoms with Crippen molar-refractivity contribution >= 4 is 23.0 Å². The smallest absolute Gasteiger partial charge is 0.416 e. The lowest BCUT2D eigenvalue weighted by molar-refractivity contribution is -0.143. The topological polar surface area (TPSA) is 41.6 Å². The Hall–Kier alpha value is -3.69. The number of amides is 1. The van der Waals surface area contributed by atoms with Gasteiger partial charge in [-0.05, 0) is 68.4 Å². The van der Waals surface area contributed by atoms with Crippen molar-refractivity contribution < 1.29 is 35.9 Å². The summed E-state index contributed by atoms with van der Waals surface area (Å²) in [5, 5.41) is 2.51. The second-order valence-corrected chi connectivity index (χ2v) is 7.92. The average Bonchev–Trinajstić information content (AvgIpc) is 2.78. The molecule has 0 aliphatic heterocycles. The first kappa shape index (κ1) is 25.9. The van der Waals surface area contributed by atoms with E-state index in [9.17, 15) is 31.1 Å². The van der Waals surface area contributed by atoms with Crippen LogP contribution in [-0.4, -0.2) is 18.6 Å². The molecule has 0 saturated heterocycles. The molecule has 0 spiro atoms. The van der Waals surface area contributed by atoms with Gasteiger partial charge in [-0.2, -0.15) is 26.3 Å². The Morgan fingerprint density at radius 3 is 1.83 bits per heavy atom. The van der Waals surface area contributed by atoms with Crippen LogP contribution in [0.4, 0.5) is 43.4 Å². The third kappa shape index (κ3) is 6.91. The molecule has 0 unspecified atom stereocenters. The second kappa shape index (κ2) is 10.3. The molecular formula is C25H22F6N2O2. The zero-order valence-corrected chi connectivity index (χ0v) is 18.7. The number of nitrogens with one attached hydrogen (secondary N) is 1. The van der Waals surface area contributed by atoms with Gasteiger partial charge >= 0.3 is 12.4 Å². The molecule has 1 amide bonds. The number of anilines is 3. The minimum Gasteiger partial charge on any atom is -0.484 e. The molecule has 4 nitrogen and oxygen atoms in total. The summed E-state index contributed by atoms with van der Waals surface area (Å²) in [6.45, 7) is 3.28. The van der Waals surface area contributed by atoms with Gasteiger partial charge in [0.05, 0.1) is 11.1 Å². The van der Waals surface area contributed by atoms with Gasteiger partial charge in [-0.1, -0.05) is 18.2 Å². The second-order valence-electron chi connectivity index (χ2n) is 7.92. The molecule has 0 aliphatic carbocycles. The number of nitrogens with zero attached hydrogens (tertiary/aromatic N) is 1. The van der Waals surface area contributed by atoms with Crippen LogP contribution in [0.25, 0.3) is 0 Å². The van der Waals surface area contributed by atoms with Gasteiger partial charge in [-0.15, -0.1) is 0 Å². The van der Waals surface area contributed by atoms with Crippen molar-refractivity contribution in [1.29, 1.82) is 0 Å². The summed E-state index contributed by atoms with van der Waals surface area (Å²) in [5.74, 6) is -1.46. The van der Waals surface area contributed by atoms with Crippen LogP contribution < -0.4 is 15.0 Å². The normalized spacial score (nSPS) is 11.9. The molecule has 0 aromatic heterocycles. The van der Waals surface area contributed by atoms with Crippen molar-refractivity contribution in [2.75, 3.05) is 16.8 Å². The van der Waals surface area contributed by atoms with Gasteiger partial charge in [0.2, 0.25) is 0 Å². The molecule has 35 heavy (non-hydrogen) atoms. The fourth-order valence-corrected chi connectivity index (χ4v) is 3.39. The highest BCUT2D eigenvalue weighted by Crippen LogP contribution is 2.38. The first-order valence-electron chi connectivity index (χ1n) is 10.5. The number of carbonyl (C=O) groups excluding carboxylic acids is 1. The van der Waals surface area contributed by atoms with Gasteiger partial charge in [0.25, 0.3) is 5.91 Å². The molecule has 0 radical (unpaired) electrons. The van der Waals surface area contributed by atoms with Crippen LogP contribution in [0.5, 0.6) is 5.75 Å². The van der Waals surface area contributed by atoms with Crippen LogP contribution in [0.15, 0.2) is 72.8 Å². The summed E-state index contributed by atoms with van der Waals surface area (Å²) in [7, 11) is 0. The Morgan fingerprint density at radius 1 is 0.829 bits per heavy atom. The summed E-state index contributed by atoms with van der Waals surface area (Å²) < 4.78 is 82.7. The van der Waals surface area contributed by atoms with E-state index >= 15 is 0 Å². The van der Waals surface area contributed by atoms with Crippen LogP contribution in [0.3, 0.4) is 0 Å². The molecule has 0 atom stereocenters. The number of alkyl halides is 6. The van der Waals surface area contributed by atoms with E-state index in [0.717, 1.165) is 11.4 Å². The quantitative estimate of drug-likeness (QED) is 0.349. The highest BCUT2D eigenvalue weighted by Gasteiger charge is 2.37. The molecule has 0 fully saturated rings.